The summed E-state index contributed by atoms with van der Waals surface area (Å²) in [5, 5.41) is 4.31. The molecular weight excluding hydrogens is 306 g/mol. The Morgan fingerprint density at radius 2 is 1.96 bits per heavy atom. The Bertz CT molecular complexity index is 689. The number of benzene rings is 1. The molecule has 4 nitrogen and oxygen atoms in total. The Morgan fingerprint density at radius 1 is 1.26 bits per heavy atom. The first-order chi connectivity index (χ1) is 11.1. The van der Waals surface area contributed by atoms with Gasteiger partial charge >= 0.3 is 0 Å². The van der Waals surface area contributed by atoms with Gasteiger partial charge in [0.05, 0.1) is 4.88 Å². The number of carbonyl (C=O) groups is 1. The van der Waals surface area contributed by atoms with Crippen molar-refractivity contribution in [2.75, 3.05) is 39.8 Å². The van der Waals surface area contributed by atoms with Gasteiger partial charge in [0.15, 0.2) is 0 Å². The lowest BCUT2D eigenvalue weighted by Crippen LogP contribution is -2.51. The van der Waals surface area contributed by atoms with E-state index in [1.54, 1.807) is 11.3 Å². The van der Waals surface area contributed by atoms with Crippen molar-refractivity contribution in [3.05, 3.63) is 34.7 Å². The van der Waals surface area contributed by atoms with E-state index in [-0.39, 0.29) is 5.91 Å². The van der Waals surface area contributed by atoms with Crippen LogP contribution in [0.2, 0.25) is 0 Å². The maximum atomic E-state index is 12.5. The van der Waals surface area contributed by atoms with Gasteiger partial charge in [0.25, 0.3) is 5.91 Å². The molecule has 1 amide bonds. The van der Waals surface area contributed by atoms with E-state index in [0.29, 0.717) is 12.6 Å². The molecule has 23 heavy (non-hydrogen) atoms. The minimum absolute atomic E-state index is 0.0599. The third kappa shape index (κ3) is 3.57. The van der Waals surface area contributed by atoms with Gasteiger partial charge in [-0.15, -0.1) is 11.3 Å². The second-order valence-electron chi connectivity index (χ2n) is 6.45. The van der Waals surface area contributed by atoms with Crippen LogP contribution in [0, 0.1) is 6.92 Å². The van der Waals surface area contributed by atoms with E-state index >= 15 is 0 Å². The summed E-state index contributed by atoms with van der Waals surface area (Å²) < 4.78 is 1.18. The molecule has 0 saturated carbocycles. The summed E-state index contributed by atoms with van der Waals surface area (Å²) in [6, 6.07) is 8.60. The number of nitrogens with one attached hydrogen (secondary N) is 1. The zero-order valence-electron chi connectivity index (χ0n) is 14.1. The van der Waals surface area contributed by atoms with Gasteiger partial charge in [-0.1, -0.05) is 18.2 Å². The fraction of sp³-hybridized carbons (Fsp3) is 0.500. The predicted molar refractivity (Wildman–Crippen MR) is 97.4 cm³/mol. The molecule has 3 rings (SSSR count). The quantitative estimate of drug-likeness (QED) is 0.935. The maximum absolute atomic E-state index is 12.5. The van der Waals surface area contributed by atoms with Crippen molar-refractivity contribution in [2.45, 2.75) is 19.9 Å². The van der Waals surface area contributed by atoms with Crippen LogP contribution in [0.25, 0.3) is 10.1 Å². The Balaban J connectivity index is 1.61. The summed E-state index contributed by atoms with van der Waals surface area (Å²) in [5.74, 6) is 0.0599. The van der Waals surface area contributed by atoms with Crippen LogP contribution in [-0.2, 0) is 0 Å². The van der Waals surface area contributed by atoms with Gasteiger partial charge in [-0.25, -0.2) is 0 Å². The Hall–Kier alpha value is -1.43. The molecule has 0 aliphatic carbocycles. The molecule has 0 unspecified atom stereocenters. The van der Waals surface area contributed by atoms with Gasteiger partial charge in [0.1, 0.15) is 0 Å². The van der Waals surface area contributed by atoms with Crippen molar-refractivity contribution in [1.82, 2.24) is 15.1 Å². The molecule has 1 saturated heterocycles. The van der Waals surface area contributed by atoms with Gasteiger partial charge < -0.3 is 10.2 Å². The third-order valence-electron chi connectivity index (χ3n) is 4.77. The first kappa shape index (κ1) is 16.4. The normalized spacial score (nSPS) is 18.2. The van der Waals surface area contributed by atoms with Gasteiger partial charge in [-0.2, -0.15) is 0 Å². The third-order valence-corrected chi connectivity index (χ3v) is 6.04. The second kappa shape index (κ2) is 6.99. The lowest BCUT2D eigenvalue weighted by molar-refractivity contribution is 0.0907. The first-order valence-corrected chi connectivity index (χ1v) is 9.07. The summed E-state index contributed by atoms with van der Waals surface area (Å²) in [5.41, 5.74) is 1.09. The van der Waals surface area contributed by atoms with E-state index in [2.05, 4.69) is 41.2 Å². The monoisotopic (exact) mass is 331 g/mol. The molecule has 1 aliphatic rings. The molecule has 1 fully saturated rings. The van der Waals surface area contributed by atoms with E-state index in [4.69, 9.17) is 0 Å². The molecule has 0 spiro atoms. The summed E-state index contributed by atoms with van der Waals surface area (Å²) in [6.45, 7) is 9.31. The summed E-state index contributed by atoms with van der Waals surface area (Å²) in [6.07, 6.45) is 0. The SMILES string of the molecule is Cc1c(C(=O)NC[C@H](C)N2CCN(C)CC2)sc2ccccc12. The highest BCUT2D eigenvalue weighted by atomic mass is 32.1. The van der Waals surface area contributed by atoms with Crippen LogP contribution in [0.1, 0.15) is 22.2 Å². The largest absolute Gasteiger partial charge is 0.350 e. The van der Waals surface area contributed by atoms with Crippen LogP contribution < -0.4 is 5.32 Å². The Morgan fingerprint density at radius 3 is 2.65 bits per heavy atom. The summed E-state index contributed by atoms with van der Waals surface area (Å²) >= 11 is 1.59. The Labute approximate surface area is 142 Å². The van der Waals surface area contributed by atoms with Gasteiger partial charge in [-0.05, 0) is 37.9 Å². The number of aryl methyl sites for hydroxylation is 1. The molecule has 1 aliphatic heterocycles. The van der Waals surface area contributed by atoms with Gasteiger partial charge in [-0.3, -0.25) is 9.69 Å². The number of carbonyl (C=O) groups excluding carboxylic acids is 1. The van der Waals surface area contributed by atoms with Gasteiger partial charge in [0, 0.05) is 43.5 Å². The van der Waals surface area contributed by atoms with Crippen LogP contribution in [0.15, 0.2) is 24.3 Å². The first-order valence-electron chi connectivity index (χ1n) is 8.25. The summed E-state index contributed by atoms with van der Waals surface area (Å²) in [7, 11) is 2.16. The number of hydrogen-bond donors (Lipinski definition) is 1. The predicted octanol–water partition coefficient (Wildman–Crippen LogP) is 2.58. The lowest BCUT2D eigenvalue weighted by Gasteiger charge is -2.36. The van der Waals surface area contributed by atoms with Crippen LogP contribution in [0.5, 0.6) is 0 Å². The number of nitrogens with zero attached hydrogens (tertiary/aromatic N) is 2. The molecule has 1 aromatic carbocycles. The van der Waals surface area contributed by atoms with Crippen LogP contribution in [0.3, 0.4) is 0 Å². The molecule has 1 N–H and O–H groups in total. The molecule has 0 bridgehead atoms. The fourth-order valence-corrected chi connectivity index (χ4v) is 4.23. The van der Waals surface area contributed by atoms with Crippen molar-refractivity contribution in [2.24, 2.45) is 0 Å². The van der Waals surface area contributed by atoms with Gasteiger partial charge in [0.2, 0.25) is 0 Å². The van der Waals surface area contributed by atoms with Crippen molar-refractivity contribution < 1.29 is 4.79 Å². The average molecular weight is 331 g/mol. The molecule has 5 heteroatoms. The number of fused-ring (bicyclic) bond motifs is 1. The number of rotatable bonds is 4. The average Bonchev–Trinajstić information content (AvgIpc) is 2.90. The maximum Gasteiger partial charge on any atom is 0.261 e. The molecule has 124 valence electrons. The minimum Gasteiger partial charge on any atom is -0.350 e. The molecule has 1 atom stereocenters. The number of hydrogen-bond acceptors (Lipinski definition) is 4. The van der Waals surface area contributed by atoms with Crippen LogP contribution in [0.4, 0.5) is 0 Å². The number of piperazine rings is 1. The van der Waals surface area contributed by atoms with Crippen molar-refractivity contribution in [3.8, 4) is 0 Å². The fourth-order valence-electron chi connectivity index (χ4n) is 3.10. The van der Waals surface area contributed by atoms with E-state index in [1.165, 1.54) is 10.1 Å². The van der Waals surface area contributed by atoms with Crippen molar-refractivity contribution in [1.29, 1.82) is 0 Å². The topological polar surface area (TPSA) is 35.6 Å². The van der Waals surface area contributed by atoms with E-state index in [9.17, 15) is 4.79 Å². The van der Waals surface area contributed by atoms with Crippen LogP contribution >= 0.6 is 11.3 Å². The molecular formula is C18H25N3OS. The van der Waals surface area contributed by atoms with Crippen LogP contribution in [-0.4, -0.2) is 61.5 Å². The zero-order valence-corrected chi connectivity index (χ0v) is 14.9. The Kier molecular flexibility index (Phi) is 4.99. The second-order valence-corrected chi connectivity index (χ2v) is 7.50. The van der Waals surface area contributed by atoms with Crippen molar-refractivity contribution >= 4 is 27.3 Å². The number of thiophene rings is 1. The highest BCUT2D eigenvalue weighted by molar-refractivity contribution is 7.21. The molecule has 2 aromatic rings. The smallest absolute Gasteiger partial charge is 0.261 e. The molecule has 0 radical (unpaired) electrons. The standard InChI is InChI=1S/C18H25N3OS/c1-13(21-10-8-20(3)9-11-21)12-19-18(22)17-14(2)15-6-4-5-7-16(15)23-17/h4-7,13H,8-12H2,1-3H3,(H,19,22)/t13-/m0/s1. The summed E-state index contributed by atoms with van der Waals surface area (Å²) in [4.78, 5) is 18.2. The number of likely N-dealkylation sites (N-methyl/N-ethyl adjacent to an activating group) is 1. The number of amides is 1. The van der Waals surface area contributed by atoms with E-state index < -0.39 is 0 Å². The lowest BCUT2D eigenvalue weighted by atomic mass is 10.1. The van der Waals surface area contributed by atoms with E-state index in [0.717, 1.165) is 36.6 Å². The van der Waals surface area contributed by atoms with E-state index in [1.807, 2.05) is 19.1 Å². The zero-order chi connectivity index (χ0) is 16.4. The molecule has 2 heterocycles. The highest BCUT2D eigenvalue weighted by Gasteiger charge is 2.21. The molecule has 1 aromatic heterocycles. The van der Waals surface area contributed by atoms with Crippen molar-refractivity contribution in [3.63, 3.8) is 0 Å². The highest BCUT2D eigenvalue weighted by Crippen LogP contribution is 2.30. The minimum atomic E-state index is 0.0599.